The van der Waals surface area contributed by atoms with Crippen molar-refractivity contribution in [3.63, 3.8) is 0 Å². The molecule has 19 heavy (non-hydrogen) atoms. The van der Waals surface area contributed by atoms with E-state index in [0.29, 0.717) is 22.8 Å². The first-order valence-corrected chi connectivity index (χ1v) is 6.45. The lowest BCUT2D eigenvalue weighted by molar-refractivity contribution is -0.117. The highest BCUT2D eigenvalue weighted by molar-refractivity contribution is 6.34. The maximum atomic E-state index is 11.7. The van der Waals surface area contributed by atoms with Gasteiger partial charge >= 0.3 is 0 Å². The molecule has 0 spiro atoms. The number of carbonyl (C=O) groups excluding carboxylic acids is 2. The molecule has 0 saturated heterocycles. The van der Waals surface area contributed by atoms with Gasteiger partial charge in [-0.05, 0) is 24.6 Å². The van der Waals surface area contributed by atoms with Gasteiger partial charge in [-0.1, -0.05) is 24.9 Å². The van der Waals surface area contributed by atoms with Crippen LogP contribution in [-0.4, -0.2) is 17.9 Å². The SMILES string of the molecule is CCC[C@@H](N)C(=O)Nc1ccc(NC(C)=O)c(Cl)c1. The normalized spacial score (nSPS) is 11.8. The number of carbonyl (C=O) groups is 2. The van der Waals surface area contributed by atoms with E-state index in [0.717, 1.165) is 6.42 Å². The Balaban J connectivity index is 2.73. The molecule has 6 heteroatoms. The average molecular weight is 284 g/mol. The van der Waals surface area contributed by atoms with Crippen LogP contribution in [0.25, 0.3) is 0 Å². The Hall–Kier alpha value is -1.59. The number of rotatable bonds is 5. The van der Waals surface area contributed by atoms with Gasteiger partial charge in [0, 0.05) is 12.6 Å². The van der Waals surface area contributed by atoms with E-state index in [1.54, 1.807) is 18.2 Å². The minimum absolute atomic E-state index is 0.205. The summed E-state index contributed by atoms with van der Waals surface area (Å²) in [4.78, 5) is 22.7. The number of nitrogens with two attached hydrogens (primary N) is 1. The zero-order chi connectivity index (χ0) is 14.4. The summed E-state index contributed by atoms with van der Waals surface area (Å²) in [5, 5.41) is 5.63. The van der Waals surface area contributed by atoms with Crippen molar-refractivity contribution in [1.29, 1.82) is 0 Å². The van der Waals surface area contributed by atoms with Crippen molar-refractivity contribution in [1.82, 2.24) is 0 Å². The van der Waals surface area contributed by atoms with Crippen molar-refractivity contribution in [3.05, 3.63) is 23.2 Å². The zero-order valence-electron chi connectivity index (χ0n) is 11.0. The van der Waals surface area contributed by atoms with Crippen LogP contribution in [0, 0.1) is 0 Å². The van der Waals surface area contributed by atoms with Gasteiger partial charge in [0.05, 0.1) is 16.8 Å². The Morgan fingerprint density at radius 3 is 2.58 bits per heavy atom. The molecular weight excluding hydrogens is 266 g/mol. The van der Waals surface area contributed by atoms with E-state index in [1.807, 2.05) is 6.92 Å². The summed E-state index contributed by atoms with van der Waals surface area (Å²) >= 11 is 6.00. The van der Waals surface area contributed by atoms with Crippen molar-refractivity contribution in [2.45, 2.75) is 32.7 Å². The maximum absolute atomic E-state index is 11.7. The Morgan fingerprint density at radius 2 is 2.05 bits per heavy atom. The van der Waals surface area contributed by atoms with E-state index in [4.69, 9.17) is 17.3 Å². The Kier molecular flexibility index (Phi) is 5.79. The van der Waals surface area contributed by atoms with Gasteiger partial charge < -0.3 is 16.4 Å². The van der Waals surface area contributed by atoms with Crippen molar-refractivity contribution in [2.24, 2.45) is 5.73 Å². The number of nitrogens with one attached hydrogen (secondary N) is 2. The molecular formula is C13H18ClN3O2. The molecule has 2 amide bonds. The van der Waals surface area contributed by atoms with E-state index in [1.165, 1.54) is 6.92 Å². The van der Waals surface area contributed by atoms with E-state index in [9.17, 15) is 9.59 Å². The highest BCUT2D eigenvalue weighted by Crippen LogP contribution is 2.25. The van der Waals surface area contributed by atoms with Crippen LogP contribution >= 0.6 is 11.6 Å². The molecule has 1 atom stereocenters. The van der Waals surface area contributed by atoms with Crippen molar-refractivity contribution in [3.8, 4) is 0 Å². The molecule has 0 bridgehead atoms. The number of halogens is 1. The van der Waals surface area contributed by atoms with Gasteiger partial charge in [0.1, 0.15) is 0 Å². The number of benzene rings is 1. The molecule has 0 aliphatic heterocycles. The second kappa shape index (κ2) is 7.11. The molecule has 1 rings (SSSR count). The lowest BCUT2D eigenvalue weighted by Crippen LogP contribution is -2.35. The second-order valence-corrected chi connectivity index (χ2v) is 4.67. The van der Waals surface area contributed by atoms with Crippen LogP contribution < -0.4 is 16.4 Å². The zero-order valence-corrected chi connectivity index (χ0v) is 11.8. The van der Waals surface area contributed by atoms with Gasteiger partial charge in [-0.15, -0.1) is 0 Å². The number of hydrogen-bond donors (Lipinski definition) is 3. The molecule has 104 valence electrons. The van der Waals surface area contributed by atoms with Crippen LogP contribution in [0.3, 0.4) is 0 Å². The summed E-state index contributed by atoms with van der Waals surface area (Å²) in [6.07, 6.45) is 1.47. The number of hydrogen-bond acceptors (Lipinski definition) is 3. The van der Waals surface area contributed by atoms with Crippen molar-refractivity contribution in [2.75, 3.05) is 10.6 Å². The lowest BCUT2D eigenvalue weighted by Gasteiger charge is -2.12. The fourth-order valence-corrected chi connectivity index (χ4v) is 1.79. The van der Waals surface area contributed by atoms with E-state index in [2.05, 4.69) is 10.6 Å². The molecule has 0 aliphatic rings. The molecule has 0 aliphatic carbocycles. The molecule has 0 saturated carbocycles. The third kappa shape index (κ3) is 4.89. The summed E-state index contributed by atoms with van der Waals surface area (Å²) in [5.74, 6) is -0.450. The fraction of sp³-hybridized carbons (Fsp3) is 0.385. The predicted octanol–water partition coefficient (Wildman–Crippen LogP) is 2.36. The van der Waals surface area contributed by atoms with Crippen LogP contribution in [0.2, 0.25) is 5.02 Å². The summed E-state index contributed by atoms with van der Waals surface area (Å²) in [5.41, 5.74) is 6.76. The molecule has 1 aromatic carbocycles. The first kappa shape index (κ1) is 15.5. The lowest BCUT2D eigenvalue weighted by atomic mass is 10.1. The minimum atomic E-state index is -0.529. The number of anilines is 2. The topological polar surface area (TPSA) is 84.2 Å². The van der Waals surface area contributed by atoms with Gasteiger partial charge in [-0.25, -0.2) is 0 Å². The van der Waals surface area contributed by atoms with Gasteiger partial charge in [0.15, 0.2) is 0 Å². The summed E-state index contributed by atoms with van der Waals surface area (Å²) < 4.78 is 0. The predicted molar refractivity (Wildman–Crippen MR) is 77.3 cm³/mol. The van der Waals surface area contributed by atoms with Crippen LogP contribution in [0.4, 0.5) is 11.4 Å². The Labute approximate surface area is 117 Å². The highest BCUT2D eigenvalue weighted by Gasteiger charge is 2.13. The maximum Gasteiger partial charge on any atom is 0.241 e. The van der Waals surface area contributed by atoms with E-state index >= 15 is 0 Å². The summed E-state index contributed by atoms with van der Waals surface area (Å²) in [7, 11) is 0. The highest BCUT2D eigenvalue weighted by atomic mass is 35.5. The second-order valence-electron chi connectivity index (χ2n) is 4.26. The third-order valence-corrected chi connectivity index (χ3v) is 2.80. The van der Waals surface area contributed by atoms with Crippen molar-refractivity contribution < 1.29 is 9.59 Å². The minimum Gasteiger partial charge on any atom is -0.325 e. The molecule has 0 aromatic heterocycles. The van der Waals surface area contributed by atoms with Gasteiger partial charge in [-0.2, -0.15) is 0 Å². The van der Waals surface area contributed by atoms with Crippen LogP contribution in [0.5, 0.6) is 0 Å². The molecule has 0 radical (unpaired) electrons. The molecule has 4 N–H and O–H groups in total. The molecule has 1 aromatic rings. The summed E-state index contributed by atoms with van der Waals surface area (Å²) in [6, 6.07) is 4.33. The molecule has 0 unspecified atom stereocenters. The number of amides is 2. The molecule has 5 nitrogen and oxygen atoms in total. The van der Waals surface area contributed by atoms with Gasteiger partial charge in [0.25, 0.3) is 0 Å². The standard InChI is InChI=1S/C13H18ClN3O2/c1-3-4-11(15)13(19)17-9-5-6-12(10(14)7-9)16-8(2)18/h5-7,11H,3-4,15H2,1-2H3,(H,16,18)(H,17,19)/t11-/m1/s1. The monoisotopic (exact) mass is 283 g/mol. The summed E-state index contributed by atoms with van der Waals surface area (Å²) in [6.45, 7) is 3.36. The van der Waals surface area contributed by atoms with E-state index in [-0.39, 0.29) is 11.8 Å². The largest absolute Gasteiger partial charge is 0.325 e. The third-order valence-electron chi connectivity index (χ3n) is 2.48. The van der Waals surface area contributed by atoms with Gasteiger partial charge in [-0.3, -0.25) is 9.59 Å². The smallest absolute Gasteiger partial charge is 0.241 e. The average Bonchev–Trinajstić information content (AvgIpc) is 2.32. The van der Waals surface area contributed by atoms with Gasteiger partial charge in [0.2, 0.25) is 11.8 Å². The molecule has 0 fully saturated rings. The van der Waals surface area contributed by atoms with Crippen LogP contribution in [-0.2, 0) is 9.59 Å². The first-order chi connectivity index (χ1) is 8.93. The molecule has 0 heterocycles. The quantitative estimate of drug-likeness (QED) is 0.775. The van der Waals surface area contributed by atoms with Crippen molar-refractivity contribution >= 4 is 34.8 Å². The van der Waals surface area contributed by atoms with E-state index < -0.39 is 6.04 Å². The van der Waals surface area contributed by atoms with Crippen LogP contribution in [0.15, 0.2) is 18.2 Å². The Bertz CT molecular complexity index is 477. The van der Waals surface area contributed by atoms with Crippen LogP contribution in [0.1, 0.15) is 26.7 Å². The Morgan fingerprint density at radius 1 is 1.37 bits per heavy atom. The first-order valence-electron chi connectivity index (χ1n) is 6.07. The fourth-order valence-electron chi connectivity index (χ4n) is 1.56.